The molecule has 8 nitrogen and oxygen atoms in total. The number of hydrogen-bond donors (Lipinski definition) is 2. The Morgan fingerprint density at radius 3 is 3.00 bits per heavy atom. The van der Waals surface area contributed by atoms with Gasteiger partial charge in [-0.1, -0.05) is 12.1 Å². The number of carbonyl (C=O) groups excluding carboxylic acids is 2. The normalized spacial score (nSPS) is 16.8. The molecule has 1 aliphatic heterocycles. The van der Waals surface area contributed by atoms with Crippen molar-refractivity contribution in [2.75, 3.05) is 11.9 Å². The van der Waals surface area contributed by atoms with E-state index in [-0.39, 0.29) is 17.9 Å². The molecule has 3 heterocycles. The van der Waals surface area contributed by atoms with E-state index in [2.05, 4.69) is 20.3 Å². The van der Waals surface area contributed by atoms with Crippen LogP contribution in [-0.2, 0) is 18.4 Å². The average Bonchev–Trinajstić information content (AvgIpc) is 3.42. The molecule has 150 valence electrons. The fraction of sp³-hybridized carbons (Fsp3) is 0.300. The number of carbonyl (C=O) groups is 2. The minimum absolute atomic E-state index is 0.214. The molecule has 0 radical (unpaired) electrons. The number of likely N-dealkylation sites (tertiary alicyclic amines) is 1. The van der Waals surface area contributed by atoms with Gasteiger partial charge in [0.1, 0.15) is 10.7 Å². The number of primary amides is 1. The summed E-state index contributed by atoms with van der Waals surface area (Å²) in [6.45, 7) is 1.47. The van der Waals surface area contributed by atoms with Crippen molar-refractivity contribution in [3.05, 3.63) is 53.3 Å². The summed E-state index contributed by atoms with van der Waals surface area (Å²) in [6.07, 6.45) is 5.35. The van der Waals surface area contributed by atoms with Crippen LogP contribution in [-0.4, -0.2) is 44.1 Å². The summed E-state index contributed by atoms with van der Waals surface area (Å²) in [5.74, 6) is -0.537. The van der Waals surface area contributed by atoms with Gasteiger partial charge in [0, 0.05) is 36.4 Å². The van der Waals surface area contributed by atoms with Gasteiger partial charge in [-0.15, -0.1) is 11.3 Å². The van der Waals surface area contributed by atoms with E-state index in [4.69, 9.17) is 5.73 Å². The third kappa shape index (κ3) is 4.36. The zero-order chi connectivity index (χ0) is 20.4. The highest BCUT2D eigenvalue weighted by atomic mass is 32.1. The van der Waals surface area contributed by atoms with Crippen molar-refractivity contribution in [2.45, 2.75) is 25.4 Å². The Bertz CT molecular complexity index is 1040. The van der Waals surface area contributed by atoms with Crippen LogP contribution in [0.15, 0.2) is 42.0 Å². The Morgan fingerprint density at radius 2 is 2.24 bits per heavy atom. The summed E-state index contributed by atoms with van der Waals surface area (Å²) in [4.78, 5) is 30.7. The Labute approximate surface area is 172 Å². The van der Waals surface area contributed by atoms with Crippen LogP contribution < -0.4 is 11.1 Å². The van der Waals surface area contributed by atoms with E-state index in [9.17, 15) is 9.59 Å². The largest absolute Gasteiger partial charge is 0.368 e. The number of amides is 2. The molecule has 0 aliphatic carbocycles. The molecule has 29 heavy (non-hydrogen) atoms. The number of nitrogens with one attached hydrogen (secondary N) is 1. The van der Waals surface area contributed by atoms with E-state index in [0.717, 1.165) is 35.5 Å². The van der Waals surface area contributed by atoms with Crippen molar-refractivity contribution < 1.29 is 9.59 Å². The molecule has 1 unspecified atom stereocenters. The number of aryl methyl sites for hydroxylation is 1. The summed E-state index contributed by atoms with van der Waals surface area (Å²) in [5, 5.41) is 9.53. The van der Waals surface area contributed by atoms with Gasteiger partial charge >= 0.3 is 0 Å². The van der Waals surface area contributed by atoms with Crippen molar-refractivity contribution in [3.8, 4) is 10.6 Å². The first-order chi connectivity index (χ1) is 14.0. The lowest BCUT2D eigenvalue weighted by Gasteiger charge is -2.22. The van der Waals surface area contributed by atoms with Crippen LogP contribution in [0.3, 0.4) is 0 Å². The van der Waals surface area contributed by atoms with E-state index in [1.807, 2.05) is 37.5 Å². The molecule has 2 aromatic heterocycles. The molecule has 0 spiro atoms. The maximum Gasteiger partial charge on any atom is 0.275 e. The minimum Gasteiger partial charge on any atom is -0.368 e. The van der Waals surface area contributed by atoms with E-state index in [0.29, 0.717) is 17.9 Å². The predicted octanol–water partition coefficient (Wildman–Crippen LogP) is 2.25. The monoisotopic (exact) mass is 410 g/mol. The minimum atomic E-state index is -0.278. The number of thiazole rings is 1. The quantitative estimate of drug-likeness (QED) is 0.648. The van der Waals surface area contributed by atoms with Gasteiger partial charge in [-0.2, -0.15) is 5.10 Å². The first-order valence-corrected chi connectivity index (χ1v) is 10.3. The highest BCUT2D eigenvalue weighted by Gasteiger charge is 2.28. The fourth-order valence-corrected chi connectivity index (χ4v) is 4.33. The van der Waals surface area contributed by atoms with Gasteiger partial charge in [-0.3, -0.25) is 19.2 Å². The number of nitrogens with two attached hydrogens (primary N) is 1. The number of benzene rings is 1. The zero-order valence-corrected chi connectivity index (χ0v) is 16.9. The van der Waals surface area contributed by atoms with E-state index in [1.165, 1.54) is 11.3 Å². The molecule has 1 aliphatic rings. The molecule has 1 fully saturated rings. The van der Waals surface area contributed by atoms with Crippen molar-refractivity contribution in [1.29, 1.82) is 0 Å². The summed E-state index contributed by atoms with van der Waals surface area (Å²) in [6, 6.07) is 7.42. The van der Waals surface area contributed by atoms with Crippen LogP contribution in [0.5, 0.6) is 0 Å². The molecule has 0 saturated carbocycles. The van der Waals surface area contributed by atoms with Gasteiger partial charge < -0.3 is 11.1 Å². The molecule has 2 amide bonds. The first kappa shape index (κ1) is 19.3. The van der Waals surface area contributed by atoms with Gasteiger partial charge in [0.2, 0.25) is 5.91 Å². The average molecular weight is 411 g/mol. The highest BCUT2D eigenvalue weighted by molar-refractivity contribution is 7.13. The molecule has 3 N–H and O–H groups in total. The smallest absolute Gasteiger partial charge is 0.275 e. The van der Waals surface area contributed by atoms with Crippen molar-refractivity contribution in [1.82, 2.24) is 19.7 Å². The lowest BCUT2D eigenvalue weighted by Crippen LogP contribution is -2.39. The van der Waals surface area contributed by atoms with Crippen LogP contribution in [0.2, 0.25) is 0 Å². The summed E-state index contributed by atoms with van der Waals surface area (Å²) >= 11 is 1.41. The molecule has 9 heteroatoms. The van der Waals surface area contributed by atoms with Crippen LogP contribution in [0.25, 0.3) is 10.6 Å². The Morgan fingerprint density at radius 1 is 1.38 bits per heavy atom. The zero-order valence-electron chi connectivity index (χ0n) is 16.0. The summed E-state index contributed by atoms with van der Waals surface area (Å²) in [5.41, 5.74) is 8.46. The number of aromatic nitrogens is 3. The van der Waals surface area contributed by atoms with E-state index >= 15 is 0 Å². The second-order valence-corrected chi connectivity index (χ2v) is 7.98. The topological polar surface area (TPSA) is 106 Å². The predicted molar refractivity (Wildman–Crippen MR) is 111 cm³/mol. The van der Waals surface area contributed by atoms with Gasteiger partial charge in [0.05, 0.1) is 12.2 Å². The standard InChI is InChI=1S/C20H22N6O2S/c1-25-11-14(9-22-25)20-24-16(12-29-20)19(28)23-15-5-2-4-13(8-15)10-26-7-3-6-17(26)18(21)27/h2,4-5,8-9,11-12,17H,3,6-7,10H2,1H3,(H2,21,27)(H,23,28). The lowest BCUT2D eigenvalue weighted by molar-refractivity contribution is -0.122. The molecule has 4 rings (SSSR count). The number of nitrogens with zero attached hydrogens (tertiary/aromatic N) is 4. The summed E-state index contributed by atoms with van der Waals surface area (Å²) in [7, 11) is 1.84. The van der Waals surface area contributed by atoms with Crippen molar-refractivity contribution in [2.24, 2.45) is 12.8 Å². The van der Waals surface area contributed by atoms with Gasteiger partial charge in [0.15, 0.2) is 0 Å². The van der Waals surface area contributed by atoms with Crippen LogP contribution in [0.4, 0.5) is 5.69 Å². The maximum atomic E-state index is 12.6. The maximum absolute atomic E-state index is 12.6. The highest BCUT2D eigenvalue weighted by Crippen LogP contribution is 2.24. The van der Waals surface area contributed by atoms with Gasteiger partial charge in [-0.05, 0) is 37.1 Å². The lowest BCUT2D eigenvalue weighted by atomic mass is 10.1. The second-order valence-electron chi connectivity index (χ2n) is 7.13. The SMILES string of the molecule is Cn1cc(-c2nc(C(=O)Nc3cccc(CN4CCCC4C(N)=O)c3)cs2)cn1. The van der Waals surface area contributed by atoms with Gasteiger partial charge in [-0.25, -0.2) is 4.98 Å². The van der Waals surface area contributed by atoms with E-state index in [1.54, 1.807) is 16.3 Å². The molecular weight excluding hydrogens is 388 g/mol. The summed E-state index contributed by atoms with van der Waals surface area (Å²) < 4.78 is 1.70. The first-order valence-electron chi connectivity index (χ1n) is 9.38. The third-order valence-electron chi connectivity index (χ3n) is 4.95. The Hall–Kier alpha value is -3.04. The molecule has 1 atom stereocenters. The molecule has 0 bridgehead atoms. The molecule has 1 aromatic carbocycles. The Kier molecular flexibility index (Phi) is 5.41. The van der Waals surface area contributed by atoms with Crippen LogP contribution in [0, 0.1) is 0 Å². The molecular formula is C20H22N6O2S. The number of rotatable bonds is 6. The van der Waals surface area contributed by atoms with Crippen molar-refractivity contribution >= 4 is 28.8 Å². The van der Waals surface area contributed by atoms with Crippen molar-refractivity contribution in [3.63, 3.8) is 0 Å². The van der Waals surface area contributed by atoms with Crippen LogP contribution in [0.1, 0.15) is 28.9 Å². The fourth-order valence-electron chi connectivity index (χ4n) is 3.56. The van der Waals surface area contributed by atoms with Gasteiger partial charge in [0.25, 0.3) is 5.91 Å². The third-order valence-corrected chi connectivity index (χ3v) is 5.84. The number of anilines is 1. The molecule has 3 aromatic rings. The number of hydrogen-bond acceptors (Lipinski definition) is 6. The second kappa shape index (κ2) is 8.14. The van der Waals surface area contributed by atoms with E-state index < -0.39 is 0 Å². The Balaban J connectivity index is 1.43. The van der Waals surface area contributed by atoms with Crippen LogP contribution >= 0.6 is 11.3 Å². The molecule has 1 saturated heterocycles.